The van der Waals surface area contributed by atoms with E-state index < -0.39 is 0 Å². The van der Waals surface area contributed by atoms with Gasteiger partial charge in [0.1, 0.15) is 0 Å². The van der Waals surface area contributed by atoms with Crippen molar-refractivity contribution in [1.29, 1.82) is 0 Å². The molecule has 1 heterocycles. The van der Waals surface area contributed by atoms with Crippen LogP contribution in [0.25, 0.3) is 0 Å². The van der Waals surface area contributed by atoms with Crippen molar-refractivity contribution in [3.63, 3.8) is 0 Å². The van der Waals surface area contributed by atoms with Gasteiger partial charge >= 0.3 is 0 Å². The van der Waals surface area contributed by atoms with E-state index in [1.807, 2.05) is 24.0 Å². The molecule has 0 spiro atoms. The largest absolute Gasteiger partial charge is 0.362 e. The maximum atomic E-state index is 4.32. The van der Waals surface area contributed by atoms with E-state index in [2.05, 4.69) is 51.4 Å². The second-order valence-electron chi connectivity index (χ2n) is 3.41. The quantitative estimate of drug-likeness (QED) is 0.810. The van der Waals surface area contributed by atoms with Gasteiger partial charge in [0, 0.05) is 32.7 Å². The van der Waals surface area contributed by atoms with Crippen LogP contribution < -0.4 is 5.32 Å². The van der Waals surface area contributed by atoms with E-state index >= 15 is 0 Å². The standard InChI is InChI=1S/C12H13BrN2S2/c1-2-14-12-15-7-11(17-12)8-16-10-5-3-4-9(13)6-10/h3-7H,2,8H2,1H3,(H,14,15). The molecule has 0 saturated heterocycles. The fraction of sp³-hybridized carbons (Fsp3) is 0.250. The monoisotopic (exact) mass is 328 g/mol. The van der Waals surface area contributed by atoms with Gasteiger partial charge < -0.3 is 5.32 Å². The van der Waals surface area contributed by atoms with Crippen LogP contribution in [0.15, 0.2) is 39.8 Å². The molecule has 1 aromatic carbocycles. The Balaban J connectivity index is 1.93. The smallest absolute Gasteiger partial charge is 0.182 e. The van der Waals surface area contributed by atoms with Crippen molar-refractivity contribution in [3.8, 4) is 0 Å². The molecule has 0 fully saturated rings. The topological polar surface area (TPSA) is 24.9 Å². The Hall–Kier alpha value is -0.520. The summed E-state index contributed by atoms with van der Waals surface area (Å²) in [5.74, 6) is 0.972. The number of halogens is 1. The van der Waals surface area contributed by atoms with Gasteiger partial charge in [-0.1, -0.05) is 22.0 Å². The zero-order valence-corrected chi connectivity index (χ0v) is 12.7. The van der Waals surface area contributed by atoms with E-state index in [1.54, 1.807) is 11.3 Å². The van der Waals surface area contributed by atoms with Gasteiger partial charge in [-0.3, -0.25) is 0 Å². The molecular weight excluding hydrogens is 316 g/mol. The summed E-state index contributed by atoms with van der Waals surface area (Å²) in [4.78, 5) is 6.89. The molecule has 17 heavy (non-hydrogen) atoms. The van der Waals surface area contributed by atoms with Crippen LogP contribution in [0.2, 0.25) is 0 Å². The molecule has 0 aliphatic heterocycles. The number of thiazole rings is 1. The van der Waals surface area contributed by atoms with Crippen molar-refractivity contribution in [2.24, 2.45) is 0 Å². The zero-order valence-electron chi connectivity index (χ0n) is 9.44. The molecule has 1 N–H and O–H groups in total. The first-order valence-electron chi connectivity index (χ1n) is 5.35. The maximum absolute atomic E-state index is 4.32. The summed E-state index contributed by atoms with van der Waals surface area (Å²) in [5.41, 5.74) is 0. The Labute approximate surface area is 118 Å². The number of nitrogens with zero attached hydrogens (tertiary/aromatic N) is 1. The molecule has 0 unspecified atom stereocenters. The minimum atomic E-state index is 0.922. The van der Waals surface area contributed by atoms with Gasteiger partial charge in [-0.05, 0) is 25.1 Å². The molecule has 2 aromatic rings. The van der Waals surface area contributed by atoms with Crippen molar-refractivity contribution in [3.05, 3.63) is 39.8 Å². The fourth-order valence-electron chi connectivity index (χ4n) is 1.32. The molecule has 0 amide bonds. The summed E-state index contributed by atoms with van der Waals surface area (Å²) < 4.78 is 1.13. The molecule has 90 valence electrons. The number of benzene rings is 1. The Morgan fingerprint density at radius 3 is 3.12 bits per heavy atom. The molecule has 5 heteroatoms. The summed E-state index contributed by atoms with van der Waals surface area (Å²) in [6, 6.07) is 8.36. The van der Waals surface area contributed by atoms with E-state index in [9.17, 15) is 0 Å². The zero-order chi connectivity index (χ0) is 12.1. The number of nitrogens with one attached hydrogen (secondary N) is 1. The minimum Gasteiger partial charge on any atom is -0.362 e. The first-order valence-corrected chi connectivity index (χ1v) is 7.94. The Bertz CT molecular complexity index is 485. The molecule has 0 radical (unpaired) electrons. The first kappa shape index (κ1) is 12.9. The van der Waals surface area contributed by atoms with Crippen molar-refractivity contribution >= 4 is 44.2 Å². The lowest BCUT2D eigenvalue weighted by atomic mass is 10.4. The SMILES string of the molecule is CCNc1ncc(CSc2cccc(Br)c2)s1. The molecule has 1 aromatic heterocycles. The minimum absolute atomic E-state index is 0.922. The number of thioether (sulfide) groups is 1. The number of hydrogen-bond donors (Lipinski definition) is 1. The van der Waals surface area contributed by atoms with Crippen LogP contribution in [0.3, 0.4) is 0 Å². The molecule has 0 atom stereocenters. The van der Waals surface area contributed by atoms with Crippen molar-refractivity contribution in [1.82, 2.24) is 4.98 Å². The van der Waals surface area contributed by atoms with E-state index in [0.717, 1.165) is 21.9 Å². The molecule has 2 rings (SSSR count). The molecular formula is C12H13BrN2S2. The highest BCUT2D eigenvalue weighted by molar-refractivity contribution is 9.10. The van der Waals surface area contributed by atoms with Gasteiger partial charge in [0.15, 0.2) is 5.13 Å². The summed E-state index contributed by atoms with van der Waals surface area (Å²) in [5, 5.41) is 4.24. The summed E-state index contributed by atoms with van der Waals surface area (Å²) >= 11 is 7.04. The van der Waals surface area contributed by atoms with Crippen LogP contribution in [0.4, 0.5) is 5.13 Å². The van der Waals surface area contributed by atoms with Crippen LogP contribution in [-0.4, -0.2) is 11.5 Å². The van der Waals surface area contributed by atoms with Crippen LogP contribution in [0.1, 0.15) is 11.8 Å². The van der Waals surface area contributed by atoms with Gasteiger partial charge in [-0.15, -0.1) is 23.1 Å². The predicted molar refractivity (Wildman–Crippen MR) is 80.0 cm³/mol. The first-order chi connectivity index (χ1) is 8.28. The predicted octanol–water partition coefficient (Wildman–Crippen LogP) is 4.63. The number of hydrogen-bond acceptors (Lipinski definition) is 4. The van der Waals surface area contributed by atoms with Crippen LogP contribution in [0, 0.1) is 0 Å². The van der Waals surface area contributed by atoms with Crippen molar-refractivity contribution < 1.29 is 0 Å². The average molecular weight is 329 g/mol. The highest BCUT2D eigenvalue weighted by Gasteiger charge is 2.02. The van der Waals surface area contributed by atoms with Crippen LogP contribution >= 0.6 is 39.0 Å². The third kappa shape index (κ3) is 4.01. The maximum Gasteiger partial charge on any atom is 0.182 e. The molecule has 0 bridgehead atoms. The van der Waals surface area contributed by atoms with E-state index in [-0.39, 0.29) is 0 Å². The third-order valence-corrected chi connectivity index (χ3v) is 4.73. The van der Waals surface area contributed by atoms with E-state index in [4.69, 9.17) is 0 Å². The molecule has 2 nitrogen and oxygen atoms in total. The normalized spacial score (nSPS) is 10.5. The number of aromatic nitrogens is 1. The Kier molecular flexibility index (Phi) is 4.88. The molecule has 0 saturated carbocycles. The lowest BCUT2D eigenvalue weighted by Crippen LogP contribution is -1.94. The van der Waals surface area contributed by atoms with Gasteiger partial charge in [0.25, 0.3) is 0 Å². The Morgan fingerprint density at radius 1 is 1.47 bits per heavy atom. The highest BCUT2D eigenvalue weighted by Crippen LogP contribution is 2.28. The second-order valence-corrected chi connectivity index (χ2v) is 6.49. The van der Waals surface area contributed by atoms with E-state index in [0.29, 0.717) is 0 Å². The lowest BCUT2D eigenvalue weighted by Gasteiger charge is -1.99. The fourth-order valence-corrected chi connectivity index (χ4v) is 3.73. The summed E-state index contributed by atoms with van der Waals surface area (Å²) in [7, 11) is 0. The van der Waals surface area contributed by atoms with Crippen molar-refractivity contribution in [2.45, 2.75) is 17.6 Å². The van der Waals surface area contributed by atoms with Crippen LogP contribution in [0.5, 0.6) is 0 Å². The van der Waals surface area contributed by atoms with Gasteiger partial charge in [-0.25, -0.2) is 4.98 Å². The molecule has 0 aliphatic carbocycles. The molecule has 0 aliphatic rings. The Morgan fingerprint density at radius 2 is 2.35 bits per heavy atom. The number of anilines is 1. The van der Waals surface area contributed by atoms with Gasteiger partial charge in [0.05, 0.1) is 0 Å². The third-order valence-electron chi connectivity index (χ3n) is 2.06. The summed E-state index contributed by atoms with van der Waals surface area (Å²) in [6.45, 7) is 3.00. The summed E-state index contributed by atoms with van der Waals surface area (Å²) in [6.07, 6.45) is 1.95. The van der Waals surface area contributed by atoms with Gasteiger partial charge in [0.2, 0.25) is 0 Å². The highest BCUT2D eigenvalue weighted by atomic mass is 79.9. The average Bonchev–Trinajstić information content (AvgIpc) is 2.75. The van der Waals surface area contributed by atoms with Crippen LogP contribution in [-0.2, 0) is 5.75 Å². The van der Waals surface area contributed by atoms with E-state index in [1.165, 1.54) is 9.77 Å². The number of rotatable bonds is 5. The van der Waals surface area contributed by atoms with Gasteiger partial charge in [-0.2, -0.15) is 0 Å². The second kappa shape index (κ2) is 6.42. The lowest BCUT2D eigenvalue weighted by molar-refractivity contribution is 1.19. The van der Waals surface area contributed by atoms with Crippen molar-refractivity contribution in [2.75, 3.05) is 11.9 Å².